The zero-order chi connectivity index (χ0) is 28.7. The number of benzene rings is 4. The number of amides is 1. The van der Waals surface area contributed by atoms with Gasteiger partial charge in [0.25, 0.3) is 12.3 Å². The van der Waals surface area contributed by atoms with E-state index in [9.17, 15) is 33.7 Å². The minimum Gasteiger partial charge on any atom is -0.507 e. The molecule has 8 nitrogen and oxygen atoms in total. The number of aromatic hydroxyl groups is 2. The van der Waals surface area contributed by atoms with Gasteiger partial charge >= 0.3 is 5.97 Å². The van der Waals surface area contributed by atoms with Crippen LogP contribution in [0.25, 0.3) is 11.1 Å². The lowest BCUT2D eigenvalue weighted by Crippen LogP contribution is -2.26. The number of fused-ring (bicyclic) bond motifs is 1. The summed E-state index contributed by atoms with van der Waals surface area (Å²) in [6.07, 6.45) is -2.73. The molecule has 0 fully saturated rings. The highest BCUT2D eigenvalue weighted by Crippen LogP contribution is 2.40. The predicted molar refractivity (Wildman–Crippen MR) is 147 cm³/mol. The van der Waals surface area contributed by atoms with E-state index >= 15 is 0 Å². The number of halogens is 2. The van der Waals surface area contributed by atoms with E-state index in [4.69, 9.17) is 0 Å². The number of alkyl halides is 2. The number of aryl methyl sites for hydroxylation is 2. The first-order chi connectivity index (χ1) is 19.0. The molecule has 0 saturated heterocycles. The lowest BCUT2D eigenvalue weighted by Gasteiger charge is -2.19. The first-order valence-corrected chi connectivity index (χ1v) is 12.1. The largest absolute Gasteiger partial charge is 0.507 e. The van der Waals surface area contributed by atoms with Crippen LogP contribution in [0.4, 0.5) is 25.8 Å². The van der Waals surface area contributed by atoms with Crippen LogP contribution in [-0.2, 0) is 4.79 Å². The number of phenolic OH excluding ortho intramolecular Hbond substituents is 1. The van der Waals surface area contributed by atoms with Gasteiger partial charge in [-0.15, -0.1) is 0 Å². The summed E-state index contributed by atoms with van der Waals surface area (Å²) < 4.78 is 27.1. The fourth-order valence-electron chi connectivity index (χ4n) is 4.70. The molecule has 4 N–H and O–H groups in total. The van der Waals surface area contributed by atoms with Crippen molar-refractivity contribution in [3.8, 4) is 22.6 Å². The molecule has 0 spiro atoms. The van der Waals surface area contributed by atoms with Crippen molar-refractivity contribution in [2.75, 3.05) is 10.3 Å². The smallest absolute Gasteiger partial charge is 0.339 e. The highest BCUT2D eigenvalue weighted by atomic mass is 19.3. The van der Waals surface area contributed by atoms with Crippen LogP contribution in [0.2, 0.25) is 0 Å². The zero-order valence-corrected chi connectivity index (χ0v) is 21.3. The Morgan fingerprint density at radius 3 is 2.33 bits per heavy atom. The number of nitrogens with one attached hydrogen (secondary N) is 1. The van der Waals surface area contributed by atoms with Crippen LogP contribution in [0.5, 0.6) is 11.5 Å². The Hall–Kier alpha value is -5.25. The van der Waals surface area contributed by atoms with Crippen molar-refractivity contribution in [1.29, 1.82) is 0 Å². The van der Waals surface area contributed by atoms with E-state index < -0.39 is 24.1 Å². The lowest BCUT2D eigenvalue weighted by atomic mass is 10.0. The minimum absolute atomic E-state index is 0.0439. The second-order valence-electron chi connectivity index (χ2n) is 9.37. The topological polar surface area (TPSA) is 122 Å². The molecular weight excluding hydrogens is 520 g/mol. The number of carbonyl (C=O) groups is 2. The predicted octanol–water partition coefficient (Wildman–Crippen LogP) is 6.51. The molecule has 0 bridgehead atoms. The Labute approximate surface area is 227 Å². The molecule has 4 aromatic rings. The molecule has 0 aromatic heterocycles. The van der Waals surface area contributed by atoms with Crippen LogP contribution in [0.1, 0.15) is 39.0 Å². The zero-order valence-electron chi connectivity index (χ0n) is 21.3. The Morgan fingerprint density at radius 1 is 0.925 bits per heavy atom. The summed E-state index contributed by atoms with van der Waals surface area (Å²) in [6, 6.07) is 17.9. The second kappa shape index (κ2) is 10.1. The highest BCUT2D eigenvalue weighted by Gasteiger charge is 2.36. The average molecular weight is 544 g/mol. The molecule has 1 heterocycles. The SMILES string of the molecule is Cc1cc(C)cc(N2C(=O)/C(=N\Nc3cccc(-c4ccc(O)c(C(=O)O)c4)c3O)c3ccc(C(F)F)cc32)c1. The molecule has 0 saturated carbocycles. The van der Waals surface area contributed by atoms with Crippen molar-refractivity contribution in [2.45, 2.75) is 20.3 Å². The van der Waals surface area contributed by atoms with E-state index in [0.29, 0.717) is 16.8 Å². The maximum Gasteiger partial charge on any atom is 0.339 e. The summed E-state index contributed by atoms with van der Waals surface area (Å²) in [4.78, 5) is 26.4. The highest BCUT2D eigenvalue weighted by molar-refractivity contribution is 6.55. The summed E-state index contributed by atoms with van der Waals surface area (Å²) in [5.41, 5.74) is 5.64. The molecule has 40 heavy (non-hydrogen) atoms. The van der Waals surface area contributed by atoms with Crippen LogP contribution in [0.3, 0.4) is 0 Å². The summed E-state index contributed by atoms with van der Waals surface area (Å²) >= 11 is 0. The van der Waals surface area contributed by atoms with Crippen LogP contribution in [0.15, 0.2) is 77.9 Å². The van der Waals surface area contributed by atoms with Gasteiger partial charge in [-0.25, -0.2) is 13.6 Å². The lowest BCUT2D eigenvalue weighted by molar-refractivity contribution is -0.111. The Bertz CT molecular complexity index is 1700. The summed E-state index contributed by atoms with van der Waals surface area (Å²) in [5.74, 6) is -2.57. The molecular formula is C30H23F2N3O5. The number of aromatic carboxylic acids is 1. The third-order valence-corrected chi connectivity index (χ3v) is 6.50. The third kappa shape index (κ3) is 4.71. The molecule has 202 valence electrons. The minimum atomic E-state index is -2.73. The number of para-hydroxylation sites is 1. The van der Waals surface area contributed by atoms with E-state index in [1.165, 1.54) is 47.4 Å². The van der Waals surface area contributed by atoms with Gasteiger partial charge in [-0.3, -0.25) is 15.1 Å². The number of anilines is 3. The van der Waals surface area contributed by atoms with Crippen LogP contribution in [-0.4, -0.2) is 32.9 Å². The van der Waals surface area contributed by atoms with Crippen molar-refractivity contribution in [1.82, 2.24) is 0 Å². The van der Waals surface area contributed by atoms with Crippen LogP contribution < -0.4 is 10.3 Å². The van der Waals surface area contributed by atoms with Crippen LogP contribution in [0, 0.1) is 13.8 Å². The first-order valence-electron chi connectivity index (χ1n) is 12.1. The number of nitrogens with zero attached hydrogens (tertiary/aromatic N) is 2. The summed E-state index contributed by atoms with van der Waals surface area (Å²) in [6.45, 7) is 3.74. The normalized spacial score (nSPS) is 13.7. The van der Waals surface area contributed by atoms with E-state index in [1.807, 2.05) is 19.9 Å². The first kappa shape index (κ1) is 26.4. The van der Waals surface area contributed by atoms with E-state index in [1.54, 1.807) is 24.3 Å². The van der Waals surface area contributed by atoms with Gasteiger partial charge in [0.1, 0.15) is 17.1 Å². The molecule has 10 heteroatoms. The van der Waals surface area contributed by atoms with Gasteiger partial charge in [-0.1, -0.05) is 30.3 Å². The van der Waals surface area contributed by atoms with Gasteiger partial charge in [0, 0.05) is 22.4 Å². The quantitative estimate of drug-likeness (QED) is 0.162. The van der Waals surface area contributed by atoms with Crippen molar-refractivity contribution >= 4 is 34.7 Å². The maximum absolute atomic E-state index is 13.6. The van der Waals surface area contributed by atoms with Gasteiger partial charge in [0.15, 0.2) is 5.71 Å². The molecule has 1 amide bonds. The third-order valence-electron chi connectivity index (χ3n) is 6.50. The summed E-state index contributed by atoms with van der Waals surface area (Å²) in [5, 5.41) is 34.3. The molecule has 0 unspecified atom stereocenters. The average Bonchev–Trinajstić information content (AvgIpc) is 3.18. The van der Waals surface area contributed by atoms with Gasteiger partial charge in [-0.2, -0.15) is 5.10 Å². The number of rotatable bonds is 6. The maximum atomic E-state index is 13.6. The van der Waals surface area contributed by atoms with Gasteiger partial charge < -0.3 is 15.3 Å². The molecule has 0 aliphatic carbocycles. The number of hydrogen-bond donors (Lipinski definition) is 4. The van der Waals surface area contributed by atoms with Crippen molar-refractivity contribution in [2.24, 2.45) is 5.10 Å². The molecule has 0 radical (unpaired) electrons. The van der Waals surface area contributed by atoms with E-state index in [0.717, 1.165) is 11.1 Å². The number of hydrazone groups is 1. The van der Waals surface area contributed by atoms with Gasteiger partial charge in [0.05, 0.1) is 11.4 Å². The number of carbonyl (C=O) groups excluding carboxylic acids is 1. The standard InChI is InChI=1S/C30H23F2N3O5/c1-15-10-16(2)12-19(11-15)35-24-14-18(28(31)32)6-8-21(24)26(29(35)38)34-33-23-5-3-4-20(27(23)37)17-7-9-25(36)22(13-17)30(39)40/h3-14,28,33,36-37H,1-2H3,(H,39,40)/b34-26-. The number of carboxylic acids is 1. The number of phenols is 2. The second-order valence-corrected chi connectivity index (χ2v) is 9.37. The Balaban J connectivity index is 1.56. The molecule has 1 aliphatic rings. The Kier molecular flexibility index (Phi) is 6.68. The molecule has 5 rings (SSSR count). The summed E-state index contributed by atoms with van der Waals surface area (Å²) in [7, 11) is 0. The fourth-order valence-corrected chi connectivity index (χ4v) is 4.70. The van der Waals surface area contributed by atoms with Crippen molar-refractivity contribution in [3.63, 3.8) is 0 Å². The van der Waals surface area contributed by atoms with Gasteiger partial charge in [-0.05, 0) is 73.0 Å². The van der Waals surface area contributed by atoms with Crippen molar-refractivity contribution in [3.05, 3.63) is 101 Å². The Morgan fingerprint density at radius 2 is 1.65 bits per heavy atom. The molecule has 1 aliphatic heterocycles. The number of hydrogen-bond acceptors (Lipinski definition) is 6. The fraction of sp³-hybridized carbons (Fsp3) is 0.100. The number of carboxylic acid groups (broad SMARTS) is 1. The molecule has 4 aromatic carbocycles. The van der Waals surface area contributed by atoms with E-state index in [-0.39, 0.29) is 39.5 Å². The molecule has 0 atom stereocenters. The van der Waals surface area contributed by atoms with E-state index in [2.05, 4.69) is 10.5 Å². The van der Waals surface area contributed by atoms with Crippen molar-refractivity contribution < 1.29 is 33.7 Å². The van der Waals surface area contributed by atoms with Crippen LogP contribution >= 0.6 is 0 Å². The monoisotopic (exact) mass is 543 g/mol. The van der Waals surface area contributed by atoms with Gasteiger partial charge in [0.2, 0.25) is 0 Å².